The maximum atomic E-state index is 13.6. The van der Waals surface area contributed by atoms with Crippen molar-refractivity contribution in [1.82, 2.24) is 28.6 Å². The summed E-state index contributed by atoms with van der Waals surface area (Å²) in [6.45, 7) is 2.14. The Morgan fingerprint density at radius 2 is 1.07 bits per heavy atom. The van der Waals surface area contributed by atoms with Gasteiger partial charge in [-0.05, 0) is 23.3 Å². The summed E-state index contributed by atoms with van der Waals surface area (Å²) in [5.74, 6) is -1.92. The van der Waals surface area contributed by atoms with Crippen LogP contribution < -0.4 is 32.4 Å². The lowest BCUT2D eigenvalue weighted by Gasteiger charge is -2.36. The van der Waals surface area contributed by atoms with Gasteiger partial charge in [0, 0.05) is 58.4 Å². The summed E-state index contributed by atoms with van der Waals surface area (Å²) in [7, 11) is -6.94. The van der Waals surface area contributed by atoms with Crippen molar-refractivity contribution < 1.29 is 25.6 Å². The maximum absolute atomic E-state index is 13.6. The fourth-order valence-corrected chi connectivity index (χ4v) is 10.1. The van der Waals surface area contributed by atoms with Crippen LogP contribution in [-0.2, 0) is 31.6 Å². The first kappa shape index (κ1) is 42.5. The fourth-order valence-electron chi connectivity index (χ4n) is 6.51. The van der Waals surface area contributed by atoms with E-state index < -0.39 is 42.8 Å². The van der Waals surface area contributed by atoms with E-state index in [9.17, 15) is 35.2 Å². The van der Waals surface area contributed by atoms with Gasteiger partial charge in [0.15, 0.2) is 11.6 Å². The Balaban J connectivity index is 0.000000203. The minimum atomic E-state index is -3.53. The number of anilines is 4. The van der Waals surface area contributed by atoms with E-state index in [1.807, 2.05) is 24.3 Å². The third kappa shape index (κ3) is 9.76. The zero-order chi connectivity index (χ0) is 41.8. The number of aromatic amines is 1. The number of piperazine rings is 2. The summed E-state index contributed by atoms with van der Waals surface area (Å²) < 4.78 is 81.4. The van der Waals surface area contributed by atoms with E-state index in [4.69, 9.17) is 34.7 Å². The van der Waals surface area contributed by atoms with Gasteiger partial charge in [-0.25, -0.2) is 30.7 Å². The van der Waals surface area contributed by atoms with Crippen LogP contribution in [-0.4, -0.2) is 97.8 Å². The van der Waals surface area contributed by atoms with Gasteiger partial charge in [0.05, 0.1) is 17.2 Å². The Morgan fingerprint density at radius 3 is 1.52 bits per heavy atom. The normalized spacial score (nSPS) is 15.5. The topological polar surface area (TPSA) is 214 Å². The molecule has 2 saturated heterocycles. The summed E-state index contributed by atoms with van der Waals surface area (Å²) in [5.41, 5.74) is 12.3. The fraction of sp³-hybridized carbons (Fsp3) is 0.278. The number of nitrogens with one attached hydrogen (secondary N) is 1. The molecule has 2 aliphatic heterocycles. The number of nitrogen functional groups attached to an aromatic ring is 2. The number of nitrogens with two attached hydrogens (primary N) is 2. The van der Waals surface area contributed by atoms with Crippen LogP contribution in [0.1, 0.15) is 11.1 Å². The van der Waals surface area contributed by atoms with Gasteiger partial charge in [0.2, 0.25) is 20.0 Å². The lowest BCUT2D eigenvalue weighted by molar-refractivity contribution is 0.384. The van der Waals surface area contributed by atoms with E-state index in [2.05, 4.69) is 15.3 Å². The predicted octanol–water partition coefficient (Wildman–Crippen LogP) is 3.06. The molecule has 0 saturated carbocycles. The Kier molecular flexibility index (Phi) is 13.0. The van der Waals surface area contributed by atoms with Gasteiger partial charge in [-0.3, -0.25) is 9.59 Å². The third-order valence-corrected chi connectivity index (χ3v) is 13.7. The molecule has 0 bridgehead atoms. The van der Waals surface area contributed by atoms with Crippen LogP contribution in [0.15, 0.2) is 88.5 Å². The van der Waals surface area contributed by atoms with Gasteiger partial charge >= 0.3 is 0 Å². The van der Waals surface area contributed by atoms with Crippen LogP contribution in [0.25, 0.3) is 5.69 Å². The molecule has 0 unspecified atom stereocenters. The van der Waals surface area contributed by atoms with Gasteiger partial charge in [0.25, 0.3) is 11.1 Å². The Morgan fingerprint density at radius 1 is 0.638 bits per heavy atom. The number of halogens is 4. The molecule has 22 heteroatoms. The lowest BCUT2D eigenvalue weighted by atomic mass is 10.2. The average Bonchev–Trinajstić information content (AvgIpc) is 3.19. The quantitative estimate of drug-likeness (QED) is 0.195. The van der Waals surface area contributed by atoms with Gasteiger partial charge < -0.3 is 21.3 Å². The first-order valence-corrected chi connectivity index (χ1v) is 21.6. The Bertz CT molecular complexity index is 2590. The summed E-state index contributed by atoms with van der Waals surface area (Å²) in [4.78, 5) is 27.9. The molecule has 5 aromatic rings. The SMILES string of the molecule is Nc1n[nH]c(=O)c(Cl)c1N1CCN(S(=O)(=O)Cc2ccccc2)CC1.Nc1nn(-c2cc(F)cc(F)c2)c(=O)c(Cl)c1N1CCN(S(=O)(=O)Cc2ccccc2)CC1. The summed E-state index contributed by atoms with van der Waals surface area (Å²) in [5, 5.41) is 9.60. The summed E-state index contributed by atoms with van der Waals surface area (Å²) in [6, 6.07) is 20.5. The van der Waals surface area contributed by atoms with Crippen molar-refractivity contribution in [2.45, 2.75) is 11.5 Å². The molecular formula is C36H38Cl2F2N10O6S2. The molecular weight excluding hydrogens is 841 g/mol. The smallest absolute Gasteiger partial charge is 0.292 e. The van der Waals surface area contributed by atoms with E-state index >= 15 is 0 Å². The zero-order valence-corrected chi connectivity index (χ0v) is 33.8. The molecule has 0 amide bonds. The van der Waals surface area contributed by atoms with Crippen LogP contribution >= 0.6 is 23.2 Å². The van der Waals surface area contributed by atoms with E-state index in [0.717, 1.165) is 22.4 Å². The highest BCUT2D eigenvalue weighted by Crippen LogP contribution is 2.31. The van der Waals surface area contributed by atoms with Gasteiger partial charge in [-0.1, -0.05) is 83.9 Å². The molecule has 2 aromatic heterocycles. The highest BCUT2D eigenvalue weighted by Gasteiger charge is 2.31. The molecule has 7 rings (SSSR count). The third-order valence-electron chi connectivity index (χ3n) is 9.34. The first-order chi connectivity index (χ1) is 27.5. The predicted molar refractivity (Wildman–Crippen MR) is 219 cm³/mol. The molecule has 0 atom stereocenters. The largest absolute Gasteiger partial charge is 0.380 e. The molecule has 58 heavy (non-hydrogen) atoms. The van der Waals surface area contributed by atoms with Crippen molar-refractivity contribution >= 4 is 66.3 Å². The minimum absolute atomic E-state index is 0.0342. The monoisotopic (exact) mass is 878 g/mol. The lowest BCUT2D eigenvalue weighted by Crippen LogP contribution is -2.49. The van der Waals surface area contributed by atoms with E-state index in [0.29, 0.717) is 30.4 Å². The van der Waals surface area contributed by atoms with Gasteiger partial charge in [0.1, 0.15) is 33.1 Å². The number of sulfonamides is 2. The maximum Gasteiger partial charge on any atom is 0.292 e. The minimum Gasteiger partial charge on any atom is -0.380 e. The molecule has 308 valence electrons. The molecule has 2 fully saturated rings. The standard InChI is InChI=1S/C21H20ClF2N5O3S.C15H18ClN5O3S/c22-18-19(20(25)26-29(21(18)30)17-11-15(23)10-16(24)12-17)27-6-8-28(9-7-27)33(31,32)13-14-4-2-1-3-5-14;16-12-13(14(17)18-19-15(12)22)20-6-8-21(9-7-20)25(23,24)10-11-4-2-1-3-5-11/h1-5,10-12H,6-9,13H2,(H2,25,26);1-5H,6-10H2,(H2,17,18)(H,19,22). The van der Waals surface area contributed by atoms with Crippen LogP contribution in [0.5, 0.6) is 0 Å². The summed E-state index contributed by atoms with van der Waals surface area (Å²) in [6.07, 6.45) is 0. The average molecular weight is 880 g/mol. The molecule has 5 N–H and O–H groups in total. The number of benzene rings is 3. The van der Waals surface area contributed by atoms with Gasteiger partial charge in [-0.15, -0.1) is 5.10 Å². The molecule has 3 aromatic carbocycles. The molecule has 0 radical (unpaired) electrons. The van der Waals surface area contributed by atoms with Crippen molar-refractivity contribution in [2.24, 2.45) is 0 Å². The number of H-pyrrole nitrogens is 1. The molecule has 0 spiro atoms. The van der Waals surface area contributed by atoms with Crippen LogP contribution in [0.4, 0.5) is 31.8 Å². The molecule has 0 aliphatic carbocycles. The van der Waals surface area contributed by atoms with E-state index in [1.165, 1.54) is 8.61 Å². The van der Waals surface area contributed by atoms with Crippen molar-refractivity contribution in [1.29, 1.82) is 0 Å². The van der Waals surface area contributed by atoms with E-state index in [-0.39, 0.29) is 83.8 Å². The molecule has 2 aliphatic rings. The van der Waals surface area contributed by atoms with Crippen molar-refractivity contribution in [3.63, 3.8) is 0 Å². The second-order valence-electron chi connectivity index (χ2n) is 13.2. The van der Waals surface area contributed by atoms with Gasteiger partial charge in [-0.2, -0.15) is 18.4 Å². The number of rotatable bonds is 9. The molecule has 4 heterocycles. The number of hydrogen-bond acceptors (Lipinski definition) is 12. The highest BCUT2D eigenvalue weighted by molar-refractivity contribution is 7.88. The highest BCUT2D eigenvalue weighted by atomic mass is 35.5. The number of nitrogens with zero attached hydrogens (tertiary/aromatic N) is 7. The molecule has 16 nitrogen and oxygen atoms in total. The second kappa shape index (κ2) is 17.8. The van der Waals surface area contributed by atoms with Crippen LogP contribution in [0, 0.1) is 11.6 Å². The van der Waals surface area contributed by atoms with Crippen LogP contribution in [0.3, 0.4) is 0 Å². The number of hydrogen-bond donors (Lipinski definition) is 3. The number of aromatic nitrogens is 4. The second-order valence-corrected chi connectivity index (χ2v) is 17.9. The van der Waals surface area contributed by atoms with Crippen molar-refractivity contribution in [3.8, 4) is 5.69 Å². The first-order valence-electron chi connectivity index (χ1n) is 17.7. The Labute approximate surface area is 342 Å². The van der Waals surface area contributed by atoms with Crippen molar-refractivity contribution in [3.05, 3.63) is 132 Å². The van der Waals surface area contributed by atoms with Crippen molar-refractivity contribution in [2.75, 3.05) is 73.6 Å². The van der Waals surface area contributed by atoms with Crippen LogP contribution in [0.2, 0.25) is 10.0 Å². The summed E-state index contributed by atoms with van der Waals surface area (Å²) >= 11 is 12.3. The van der Waals surface area contributed by atoms with E-state index in [1.54, 1.807) is 46.2 Å². The Hall–Kier alpha value is -5.12. The zero-order valence-electron chi connectivity index (χ0n) is 30.6.